The van der Waals surface area contributed by atoms with Crippen molar-refractivity contribution >= 4 is 17.2 Å². The molecule has 0 N–H and O–H groups in total. The van der Waals surface area contributed by atoms with Crippen LogP contribution < -0.4 is 4.90 Å². The molecule has 0 amide bonds. The third kappa shape index (κ3) is 2.99. The molecule has 3 rings (SSSR count). The van der Waals surface area contributed by atoms with E-state index < -0.39 is 0 Å². The van der Waals surface area contributed by atoms with E-state index in [0.29, 0.717) is 0 Å². The van der Waals surface area contributed by atoms with Crippen molar-refractivity contribution in [2.24, 2.45) is 0 Å². The first-order chi connectivity index (χ1) is 9.72. The van der Waals surface area contributed by atoms with Gasteiger partial charge in [-0.1, -0.05) is 6.07 Å². The minimum Gasteiger partial charge on any atom is -0.354 e. The fourth-order valence-electron chi connectivity index (χ4n) is 2.60. The predicted molar refractivity (Wildman–Crippen MR) is 83.3 cm³/mol. The van der Waals surface area contributed by atoms with E-state index in [9.17, 15) is 0 Å². The Morgan fingerprint density at radius 1 is 1.15 bits per heavy atom. The van der Waals surface area contributed by atoms with Gasteiger partial charge in [0, 0.05) is 43.8 Å². The molecule has 1 aliphatic rings. The SMILES string of the molecule is Cc1nc(C)c(CN2CCN(c3ccccn3)CC2)s1. The summed E-state index contributed by atoms with van der Waals surface area (Å²) < 4.78 is 0. The van der Waals surface area contributed by atoms with Crippen molar-refractivity contribution in [2.45, 2.75) is 20.4 Å². The molecule has 0 unspecified atom stereocenters. The quantitative estimate of drug-likeness (QED) is 0.868. The number of rotatable bonds is 3. The van der Waals surface area contributed by atoms with Crippen LogP contribution in [0.4, 0.5) is 5.82 Å². The molecular weight excluding hydrogens is 268 g/mol. The van der Waals surface area contributed by atoms with E-state index in [1.807, 2.05) is 23.6 Å². The van der Waals surface area contributed by atoms with Crippen molar-refractivity contribution < 1.29 is 0 Å². The molecule has 1 aliphatic heterocycles. The van der Waals surface area contributed by atoms with Gasteiger partial charge in [-0.3, -0.25) is 4.90 Å². The van der Waals surface area contributed by atoms with Gasteiger partial charge in [0.05, 0.1) is 10.7 Å². The maximum atomic E-state index is 4.51. The molecule has 0 spiro atoms. The number of anilines is 1. The van der Waals surface area contributed by atoms with Crippen LogP contribution in [-0.2, 0) is 6.54 Å². The summed E-state index contributed by atoms with van der Waals surface area (Å²) in [6.07, 6.45) is 1.87. The molecule has 0 saturated carbocycles. The summed E-state index contributed by atoms with van der Waals surface area (Å²) in [6, 6.07) is 6.11. The molecule has 0 bridgehead atoms. The standard InChI is InChI=1S/C15H20N4S/c1-12-14(20-13(2)17-12)11-18-7-9-19(10-8-18)15-5-3-4-6-16-15/h3-6H,7-11H2,1-2H3. The monoisotopic (exact) mass is 288 g/mol. The van der Waals surface area contributed by atoms with Crippen molar-refractivity contribution in [3.05, 3.63) is 40.0 Å². The van der Waals surface area contributed by atoms with Crippen LogP contribution in [0.25, 0.3) is 0 Å². The second kappa shape index (κ2) is 5.89. The van der Waals surface area contributed by atoms with E-state index in [2.05, 4.69) is 45.7 Å². The lowest BCUT2D eigenvalue weighted by molar-refractivity contribution is 0.251. The minimum absolute atomic E-state index is 1.04. The van der Waals surface area contributed by atoms with Gasteiger partial charge in [0.1, 0.15) is 5.82 Å². The molecule has 0 radical (unpaired) electrons. The van der Waals surface area contributed by atoms with Gasteiger partial charge in [-0.15, -0.1) is 11.3 Å². The fourth-order valence-corrected chi connectivity index (χ4v) is 3.58. The molecule has 106 valence electrons. The third-order valence-electron chi connectivity index (χ3n) is 3.71. The first-order valence-electron chi connectivity index (χ1n) is 7.03. The lowest BCUT2D eigenvalue weighted by Crippen LogP contribution is -2.46. The average Bonchev–Trinajstić information content (AvgIpc) is 2.79. The van der Waals surface area contributed by atoms with E-state index in [4.69, 9.17) is 0 Å². The molecule has 0 aliphatic carbocycles. The summed E-state index contributed by atoms with van der Waals surface area (Å²) in [6.45, 7) is 9.51. The van der Waals surface area contributed by atoms with E-state index in [-0.39, 0.29) is 0 Å². The van der Waals surface area contributed by atoms with Crippen LogP contribution in [0.2, 0.25) is 0 Å². The van der Waals surface area contributed by atoms with Crippen LogP contribution in [0.5, 0.6) is 0 Å². The normalized spacial score (nSPS) is 16.6. The fraction of sp³-hybridized carbons (Fsp3) is 0.467. The summed E-state index contributed by atoms with van der Waals surface area (Å²) >= 11 is 1.83. The first-order valence-corrected chi connectivity index (χ1v) is 7.85. The Morgan fingerprint density at radius 3 is 2.55 bits per heavy atom. The number of nitrogens with zero attached hydrogens (tertiary/aromatic N) is 4. The molecule has 0 aromatic carbocycles. The van der Waals surface area contributed by atoms with E-state index >= 15 is 0 Å². The van der Waals surface area contributed by atoms with Gasteiger partial charge in [-0.2, -0.15) is 0 Å². The summed E-state index contributed by atoms with van der Waals surface area (Å²) in [5, 5.41) is 1.17. The van der Waals surface area contributed by atoms with Gasteiger partial charge in [0.15, 0.2) is 0 Å². The van der Waals surface area contributed by atoms with Crippen LogP contribution in [0.1, 0.15) is 15.6 Å². The Morgan fingerprint density at radius 2 is 1.95 bits per heavy atom. The van der Waals surface area contributed by atoms with Crippen LogP contribution in [0.3, 0.4) is 0 Å². The number of thiazole rings is 1. The molecule has 2 aromatic rings. The molecule has 1 saturated heterocycles. The first kappa shape index (κ1) is 13.5. The number of pyridine rings is 1. The number of aromatic nitrogens is 2. The minimum atomic E-state index is 1.04. The summed E-state index contributed by atoms with van der Waals surface area (Å²) in [5.41, 5.74) is 1.19. The summed E-state index contributed by atoms with van der Waals surface area (Å²) in [4.78, 5) is 15.2. The average molecular weight is 288 g/mol. The van der Waals surface area contributed by atoms with Crippen LogP contribution in [0, 0.1) is 13.8 Å². The van der Waals surface area contributed by atoms with Gasteiger partial charge in [0.25, 0.3) is 0 Å². The van der Waals surface area contributed by atoms with Crippen molar-refractivity contribution in [3.63, 3.8) is 0 Å². The lowest BCUT2D eigenvalue weighted by atomic mass is 10.3. The Labute approximate surface area is 124 Å². The molecular formula is C15H20N4S. The largest absolute Gasteiger partial charge is 0.354 e. The highest BCUT2D eigenvalue weighted by Gasteiger charge is 2.19. The zero-order valence-corrected chi connectivity index (χ0v) is 12.9. The Hall–Kier alpha value is -1.46. The molecule has 20 heavy (non-hydrogen) atoms. The van der Waals surface area contributed by atoms with Gasteiger partial charge >= 0.3 is 0 Å². The molecule has 4 nitrogen and oxygen atoms in total. The smallest absolute Gasteiger partial charge is 0.128 e. The van der Waals surface area contributed by atoms with Gasteiger partial charge in [-0.05, 0) is 26.0 Å². The molecule has 2 aromatic heterocycles. The van der Waals surface area contributed by atoms with Crippen molar-refractivity contribution in [1.82, 2.24) is 14.9 Å². The van der Waals surface area contributed by atoms with Gasteiger partial charge < -0.3 is 4.90 Å². The number of piperazine rings is 1. The lowest BCUT2D eigenvalue weighted by Gasteiger charge is -2.35. The highest BCUT2D eigenvalue weighted by molar-refractivity contribution is 7.11. The second-order valence-electron chi connectivity index (χ2n) is 5.19. The van der Waals surface area contributed by atoms with Crippen LogP contribution in [-0.4, -0.2) is 41.0 Å². The van der Waals surface area contributed by atoms with Crippen molar-refractivity contribution in [2.75, 3.05) is 31.1 Å². The van der Waals surface area contributed by atoms with E-state index in [0.717, 1.165) is 38.5 Å². The zero-order valence-electron chi connectivity index (χ0n) is 12.0. The summed E-state index contributed by atoms with van der Waals surface area (Å²) in [5.74, 6) is 1.09. The van der Waals surface area contributed by atoms with Gasteiger partial charge in [0.2, 0.25) is 0 Å². The Kier molecular flexibility index (Phi) is 3.98. The Bertz CT molecular complexity index is 559. The highest BCUT2D eigenvalue weighted by Crippen LogP contribution is 2.20. The molecule has 1 fully saturated rings. The maximum Gasteiger partial charge on any atom is 0.128 e. The van der Waals surface area contributed by atoms with Gasteiger partial charge in [-0.25, -0.2) is 9.97 Å². The molecule has 3 heterocycles. The Balaban J connectivity index is 1.58. The summed E-state index contributed by atoms with van der Waals surface area (Å²) in [7, 11) is 0. The van der Waals surface area contributed by atoms with E-state index in [1.165, 1.54) is 15.6 Å². The van der Waals surface area contributed by atoms with Crippen molar-refractivity contribution in [3.8, 4) is 0 Å². The van der Waals surface area contributed by atoms with E-state index in [1.54, 1.807) is 0 Å². The second-order valence-corrected chi connectivity index (χ2v) is 6.48. The molecule has 5 heteroatoms. The van der Waals surface area contributed by atoms with Crippen LogP contribution >= 0.6 is 11.3 Å². The number of hydrogen-bond acceptors (Lipinski definition) is 5. The van der Waals surface area contributed by atoms with Crippen molar-refractivity contribution in [1.29, 1.82) is 0 Å². The zero-order chi connectivity index (χ0) is 13.9. The van der Waals surface area contributed by atoms with Crippen LogP contribution in [0.15, 0.2) is 24.4 Å². The predicted octanol–water partition coefficient (Wildman–Crippen LogP) is 2.48. The highest BCUT2D eigenvalue weighted by atomic mass is 32.1. The maximum absolute atomic E-state index is 4.51. The molecule has 0 atom stereocenters. The number of hydrogen-bond donors (Lipinski definition) is 0. The topological polar surface area (TPSA) is 32.3 Å². The third-order valence-corrected chi connectivity index (χ3v) is 4.77. The number of aryl methyl sites for hydroxylation is 2.